The van der Waals surface area contributed by atoms with E-state index in [9.17, 15) is 4.79 Å². The Morgan fingerprint density at radius 2 is 2.25 bits per heavy atom. The molecule has 1 rings (SSSR count). The quantitative estimate of drug-likeness (QED) is 0.602. The van der Waals surface area contributed by atoms with Crippen LogP contribution in [-0.2, 0) is 0 Å². The Hall–Kier alpha value is 0.620. The predicted molar refractivity (Wildman–Crippen MR) is 59.4 cm³/mol. The summed E-state index contributed by atoms with van der Waals surface area (Å²) in [7, 11) is 0. The number of carbonyl (C=O) groups is 1. The monoisotopic (exact) mass is 330 g/mol. The van der Waals surface area contributed by atoms with E-state index in [0.717, 1.165) is 7.57 Å². The molecule has 0 spiro atoms. The van der Waals surface area contributed by atoms with Crippen LogP contribution in [0.3, 0.4) is 0 Å². The van der Waals surface area contributed by atoms with E-state index < -0.39 is 0 Å². The SMILES string of the molecule is O=C(CCCl)c1cc(Br)sc1Br. The van der Waals surface area contributed by atoms with Gasteiger partial charge in [0.2, 0.25) is 0 Å². The summed E-state index contributed by atoms with van der Waals surface area (Å²) in [5.74, 6) is 0.456. The largest absolute Gasteiger partial charge is 0.294 e. The van der Waals surface area contributed by atoms with Crippen LogP contribution in [0.15, 0.2) is 13.6 Å². The van der Waals surface area contributed by atoms with Crippen LogP contribution in [0, 0.1) is 0 Å². The van der Waals surface area contributed by atoms with Gasteiger partial charge in [-0.2, -0.15) is 0 Å². The third kappa shape index (κ3) is 2.55. The van der Waals surface area contributed by atoms with Crippen LogP contribution in [0.2, 0.25) is 0 Å². The first-order chi connectivity index (χ1) is 5.65. The van der Waals surface area contributed by atoms with Crippen molar-refractivity contribution in [2.75, 3.05) is 5.88 Å². The van der Waals surface area contributed by atoms with E-state index in [1.54, 1.807) is 0 Å². The Kier molecular flexibility index (Phi) is 4.23. The highest BCUT2D eigenvalue weighted by Gasteiger charge is 2.12. The Balaban J connectivity index is 2.87. The zero-order valence-corrected chi connectivity index (χ0v) is 10.7. The summed E-state index contributed by atoms with van der Waals surface area (Å²) in [4.78, 5) is 11.4. The Morgan fingerprint density at radius 1 is 1.58 bits per heavy atom. The second kappa shape index (κ2) is 4.74. The Labute approximate surface area is 96.4 Å². The summed E-state index contributed by atoms with van der Waals surface area (Å²) < 4.78 is 1.82. The van der Waals surface area contributed by atoms with Gasteiger partial charge in [0.05, 0.1) is 7.57 Å². The van der Waals surface area contributed by atoms with Crippen LogP contribution >= 0.6 is 54.8 Å². The number of alkyl halides is 1. The van der Waals surface area contributed by atoms with E-state index in [-0.39, 0.29) is 5.78 Å². The van der Waals surface area contributed by atoms with Gasteiger partial charge < -0.3 is 0 Å². The van der Waals surface area contributed by atoms with Gasteiger partial charge in [-0.15, -0.1) is 22.9 Å². The molecule has 1 aromatic heterocycles. The molecule has 1 heterocycles. The fourth-order valence-corrected chi connectivity index (χ4v) is 3.78. The van der Waals surface area contributed by atoms with Crippen LogP contribution in [0.5, 0.6) is 0 Å². The van der Waals surface area contributed by atoms with Crippen molar-refractivity contribution in [1.29, 1.82) is 0 Å². The first-order valence-corrected chi connectivity index (χ1v) is 6.13. The maximum Gasteiger partial charge on any atom is 0.166 e. The lowest BCUT2D eigenvalue weighted by molar-refractivity contribution is 0.0989. The van der Waals surface area contributed by atoms with Gasteiger partial charge in [0.15, 0.2) is 5.78 Å². The number of halogens is 3. The van der Waals surface area contributed by atoms with Crippen molar-refractivity contribution in [2.24, 2.45) is 0 Å². The number of ketones is 1. The van der Waals surface area contributed by atoms with Crippen LogP contribution in [0.4, 0.5) is 0 Å². The highest BCUT2D eigenvalue weighted by atomic mass is 79.9. The van der Waals surface area contributed by atoms with Gasteiger partial charge in [-0.1, -0.05) is 0 Å². The van der Waals surface area contributed by atoms with Gasteiger partial charge in [-0.25, -0.2) is 0 Å². The molecule has 0 aliphatic carbocycles. The molecule has 66 valence electrons. The molecular formula is C7H5Br2ClOS. The molecule has 0 atom stereocenters. The average Bonchev–Trinajstić information content (AvgIpc) is 2.30. The van der Waals surface area contributed by atoms with Gasteiger partial charge in [-0.3, -0.25) is 4.79 Å². The molecule has 0 aliphatic heterocycles. The molecule has 0 aromatic carbocycles. The summed E-state index contributed by atoms with van der Waals surface area (Å²) in [6.07, 6.45) is 0.392. The normalized spacial score (nSPS) is 10.2. The summed E-state index contributed by atoms with van der Waals surface area (Å²) in [6.45, 7) is 0. The van der Waals surface area contributed by atoms with Gasteiger partial charge in [0, 0.05) is 17.9 Å². The lowest BCUT2D eigenvalue weighted by Gasteiger charge is -1.93. The number of thiophene rings is 1. The molecule has 0 saturated heterocycles. The molecule has 1 nitrogen and oxygen atoms in total. The van der Waals surface area contributed by atoms with E-state index in [1.807, 2.05) is 6.07 Å². The lowest BCUT2D eigenvalue weighted by Crippen LogP contribution is -1.97. The predicted octanol–water partition coefficient (Wildman–Crippen LogP) is 4.08. The number of hydrogen-bond acceptors (Lipinski definition) is 2. The number of rotatable bonds is 3. The molecule has 0 saturated carbocycles. The van der Waals surface area contributed by atoms with Gasteiger partial charge in [0.25, 0.3) is 0 Å². The fraction of sp³-hybridized carbons (Fsp3) is 0.286. The number of hydrogen-bond donors (Lipinski definition) is 0. The Bertz CT molecular complexity index is 298. The summed E-state index contributed by atoms with van der Waals surface area (Å²) >= 11 is 13.6. The zero-order chi connectivity index (χ0) is 9.14. The van der Waals surface area contributed by atoms with Crippen molar-refractivity contribution in [3.8, 4) is 0 Å². The molecule has 0 radical (unpaired) electrons. The second-order valence-electron chi connectivity index (χ2n) is 2.10. The minimum atomic E-state index is 0.0822. The first kappa shape index (κ1) is 10.7. The lowest BCUT2D eigenvalue weighted by atomic mass is 10.2. The van der Waals surface area contributed by atoms with E-state index in [4.69, 9.17) is 11.6 Å². The molecule has 12 heavy (non-hydrogen) atoms. The van der Waals surface area contributed by atoms with E-state index in [2.05, 4.69) is 31.9 Å². The van der Waals surface area contributed by atoms with Gasteiger partial charge in [0.1, 0.15) is 0 Å². The van der Waals surface area contributed by atoms with Gasteiger partial charge >= 0.3 is 0 Å². The first-order valence-electron chi connectivity index (χ1n) is 3.19. The van der Waals surface area contributed by atoms with Crippen molar-refractivity contribution < 1.29 is 4.79 Å². The standard InChI is InChI=1S/C7H5Br2ClOS/c8-6-3-4(7(9)12-6)5(11)1-2-10/h3H,1-2H2. The molecule has 0 N–H and O–H groups in total. The molecule has 0 fully saturated rings. The highest BCUT2D eigenvalue weighted by Crippen LogP contribution is 2.32. The van der Waals surface area contributed by atoms with Crippen molar-refractivity contribution in [2.45, 2.75) is 6.42 Å². The van der Waals surface area contributed by atoms with Crippen LogP contribution < -0.4 is 0 Å². The minimum Gasteiger partial charge on any atom is -0.294 e. The van der Waals surface area contributed by atoms with Gasteiger partial charge in [-0.05, 0) is 37.9 Å². The van der Waals surface area contributed by atoms with E-state index in [1.165, 1.54) is 11.3 Å². The van der Waals surface area contributed by atoms with Crippen molar-refractivity contribution in [1.82, 2.24) is 0 Å². The topological polar surface area (TPSA) is 17.1 Å². The van der Waals surface area contributed by atoms with Crippen LogP contribution in [0.1, 0.15) is 16.8 Å². The summed E-state index contributed by atoms with van der Waals surface area (Å²) in [5, 5.41) is 0. The fourth-order valence-electron chi connectivity index (χ4n) is 0.751. The third-order valence-electron chi connectivity index (χ3n) is 1.28. The minimum absolute atomic E-state index is 0.0822. The molecule has 0 aliphatic rings. The van der Waals surface area contributed by atoms with Crippen molar-refractivity contribution >= 4 is 60.6 Å². The van der Waals surface area contributed by atoms with Crippen molar-refractivity contribution in [3.63, 3.8) is 0 Å². The molecule has 1 aromatic rings. The summed E-state index contributed by atoms with van der Waals surface area (Å²) in [6, 6.07) is 1.81. The molecule has 0 bridgehead atoms. The van der Waals surface area contributed by atoms with E-state index in [0.29, 0.717) is 17.9 Å². The second-order valence-corrected chi connectivity index (χ2v) is 6.23. The van der Waals surface area contributed by atoms with Crippen LogP contribution in [0.25, 0.3) is 0 Å². The van der Waals surface area contributed by atoms with E-state index >= 15 is 0 Å². The third-order valence-corrected chi connectivity index (χ3v) is 3.81. The number of carbonyl (C=O) groups excluding carboxylic acids is 1. The smallest absolute Gasteiger partial charge is 0.166 e. The maximum absolute atomic E-state index is 11.4. The Morgan fingerprint density at radius 3 is 2.67 bits per heavy atom. The van der Waals surface area contributed by atoms with Crippen LogP contribution in [-0.4, -0.2) is 11.7 Å². The summed E-state index contributed by atoms with van der Waals surface area (Å²) in [5.41, 5.74) is 0.715. The maximum atomic E-state index is 11.4. The van der Waals surface area contributed by atoms with Crippen molar-refractivity contribution in [3.05, 3.63) is 19.2 Å². The molecular weight excluding hydrogens is 327 g/mol. The molecule has 0 unspecified atom stereocenters. The molecule has 0 amide bonds. The molecule has 5 heteroatoms. The zero-order valence-electron chi connectivity index (χ0n) is 5.94. The average molecular weight is 332 g/mol. The number of Topliss-reactive ketones (excluding diaryl/α,β-unsaturated/α-hetero) is 1. The highest BCUT2D eigenvalue weighted by molar-refractivity contribution is 9.12.